The van der Waals surface area contributed by atoms with Crippen molar-refractivity contribution < 1.29 is 4.74 Å². The molecule has 0 unspecified atom stereocenters. The van der Waals surface area contributed by atoms with Crippen LogP contribution in [0.25, 0.3) is 22.2 Å². The van der Waals surface area contributed by atoms with E-state index in [1.807, 2.05) is 24.4 Å². The first-order valence-electron chi connectivity index (χ1n) is 10.8. The smallest absolute Gasteiger partial charge is 0.179 e. The summed E-state index contributed by atoms with van der Waals surface area (Å²) in [6.45, 7) is 4.66. The lowest BCUT2D eigenvalue weighted by Crippen LogP contribution is -2.50. The van der Waals surface area contributed by atoms with Gasteiger partial charge in [0.1, 0.15) is 16.4 Å². The number of aromatic amines is 1. The molecule has 6 rings (SSSR count). The Kier molecular flexibility index (Phi) is 4.74. The first-order valence-corrected chi connectivity index (χ1v) is 11.6. The maximum atomic E-state index is 6.45. The highest BCUT2D eigenvalue weighted by Gasteiger charge is 2.47. The maximum absolute atomic E-state index is 6.45. The SMILES string of the molecule is C[C@@H]1OCC2(CCN(c3cnc4nc(Sc5ccnc6[nH]ncc56)ccc4n3)CC2)[C@@H]1N. The van der Waals surface area contributed by atoms with E-state index in [1.54, 1.807) is 24.2 Å². The number of nitrogens with one attached hydrogen (secondary N) is 1. The summed E-state index contributed by atoms with van der Waals surface area (Å²) >= 11 is 1.57. The topological polar surface area (TPSA) is 119 Å². The molecular weight excluding hydrogens is 424 g/mol. The molecule has 0 aromatic carbocycles. The van der Waals surface area contributed by atoms with Gasteiger partial charge in [0.05, 0.1) is 30.5 Å². The standard InChI is InChI=1S/C22H24N8OS/c1-13-19(23)22(12-31-13)5-8-30(9-6-22)17-11-25-21-15(27-17)2-3-18(28-21)32-16-4-7-24-20-14(16)10-26-29-20/h2-4,7,10-11,13,19H,5-6,8-9,12,23H2,1H3,(H,24,26,29)/t13-,19+/m0/s1. The van der Waals surface area contributed by atoms with Gasteiger partial charge in [-0.15, -0.1) is 0 Å². The van der Waals surface area contributed by atoms with Gasteiger partial charge < -0.3 is 15.4 Å². The summed E-state index contributed by atoms with van der Waals surface area (Å²) in [5, 5.41) is 8.81. The first-order chi connectivity index (χ1) is 15.6. The number of nitrogens with two attached hydrogens (primary N) is 1. The second-order valence-corrected chi connectivity index (χ2v) is 9.72. The van der Waals surface area contributed by atoms with Crippen molar-refractivity contribution in [2.45, 2.75) is 41.8 Å². The number of H-pyrrole nitrogens is 1. The molecule has 0 bridgehead atoms. The summed E-state index contributed by atoms with van der Waals surface area (Å²) in [5.41, 5.74) is 8.75. The molecule has 0 aliphatic carbocycles. The summed E-state index contributed by atoms with van der Waals surface area (Å²) in [4.78, 5) is 21.8. The Hall–Kier alpha value is -2.82. The van der Waals surface area contributed by atoms with Gasteiger partial charge in [-0.2, -0.15) is 5.10 Å². The van der Waals surface area contributed by atoms with Crippen LogP contribution >= 0.6 is 11.8 Å². The predicted octanol–water partition coefficient (Wildman–Crippen LogP) is 2.78. The normalized spacial score (nSPS) is 22.9. The third-order valence-corrected chi connectivity index (χ3v) is 7.84. The highest BCUT2D eigenvalue weighted by Crippen LogP contribution is 2.41. The van der Waals surface area contributed by atoms with E-state index in [0.717, 1.165) is 64.8 Å². The van der Waals surface area contributed by atoms with Crippen molar-refractivity contribution >= 4 is 39.8 Å². The summed E-state index contributed by atoms with van der Waals surface area (Å²) < 4.78 is 5.84. The molecule has 0 amide bonds. The van der Waals surface area contributed by atoms with E-state index >= 15 is 0 Å². The molecule has 0 radical (unpaired) electrons. The lowest BCUT2D eigenvalue weighted by molar-refractivity contribution is 0.0974. The van der Waals surface area contributed by atoms with Crippen molar-refractivity contribution in [2.75, 3.05) is 24.6 Å². The van der Waals surface area contributed by atoms with Gasteiger partial charge in [0.25, 0.3) is 0 Å². The van der Waals surface area contributed by atoms with Crippen LogP contribution in [0, 0.1) is 5.41 Å². The van der Waals surface area contributed by atoms with Gasteiger partial charge in [-0.05, 0) is 38.0 Å². The van der Waals surface area contributed by atoms with Gasteiger partial charge in [-0.25, -0.2) is 19.9 Å². The molecule has 2 fully saturated rings. The van der Waals surface area contributed by atoms with Gasteiger partial charge in [0, 0.05) is 35.6 Å². The van der Waals surface area contributed by atoms with Crippen molar-refractivity contribution in [1.29, 1.82) is 0 Å². The summed E-state index contributed by atoms with van der Waals surface area (Å²) in [7, 11) is 0. The number of rotatable bonds is 3. The fourth-order valence-electron chi connectivity index (χ4n) is 4.77. The van der Waals surface area contributed by atoms with Gasteiger partial charge in [0.15, 0.2) is 11.3 Å². The Morgan fingerprint density at radius 2 is 2.03 bits per heavy atom. The molecular formula is C22H24N8OS. The molecule has 164 valence electrons. The quantitative estimate of drug-likeness (QED) is 0.487. The van der Waals surface area contributed by atoms with E-state index in [4.69, 9.17) is 20.4 Å². The Morgan fingerprint density at radius 1 is 1.16 bits per heavy atom. The van der Waals surface area contributed by atoms with E-state index in [2.05, 4.69) is 32.0 Å². The van der Waals surface area contributed by atoms with E-state index in [1.165, 1.54) is 0 Å². The largest absolute Gasteiger partial charge is 0.376 e. The average molecular weight is 449 g/mol. The van der Waals surface area contributed by atoms with Crippen molar-refractivity contribution in [3.8, 4) is 0 Å². The molecule has 0 saturated carbocycles. The number of fused-ring (bicyclic) bond motifs is 2. The number of pyridine rings is 2. The Labute approximate surface area is 189 Å². The van der Waals surface area contributed by atoms with Crippen molar-refractivity contribution in [3.63, 3.8) is 0 Å². The molecule has 6 heterocycles. The molecule has 4 aromatic heterocycles. The Bertz CT molecular complexity index is 1290. The highest BCUT2D eigenvalue weighted by atomic mass is 32.2. The van der Waals surface area contributed by atoms with Gasteiger partial charge in [-0.3, -0.25) is 5.10 Å². The van der Waals surface area contributed by atoms with E-state index in [9.17, 15) is 0 Å². The molecule has 4 aromatic rings. The minimum absolute atomic E-state index is 0.0984. The second kappa shape index (κ2) is 7.65. The lowest BCUT2D eigenvalue weighted by Gasteiger charge is -2.41. The molecule has 2 atom stereocenters. The van der Waals surface area contributed by atoms with Crippen LogP contribution in [-0.4, -0.2) is 62.0 Å². The third-order valence-electron chi connectivity index (χ3n) is 6.82. The summed E-state index contributed by atoms with van der Waals surface area (Å²) in [6.07, 6.45) is 7.55. The van der Waals surface area contributed by atoms with Gasteiger partial charge >= 0.3 is 0 Å². The first kappa shape index (κ1) is 19.8. The minimum Gasteiger partial charge on any atom is -0.376 e. The van der Waals surface area contributed by atoms with Crippen LogP contribution in [0.15, 0.2) is 46.7 Å². The summed E-state index contributed by atoms with van der Waals surface area (Å²) in [6, 6.07) is 6.05. The van der Waals surface area contributed by atoms with Crippen LogP contribution in [0.3, 0.4) is 0 Å². The van der Waals surface area contributed by atoms with Gasteiger partial charge in [-0.1, -0.05) is 11.8 Å². The molecule has 1 spiro atoms. The van der Waals surface area contributed by atoms with Crippen LogP contribution in [0.4, 0.5) is 5.82 Å². The number of aromatic nitrogens is 6. The predicted molar refractivity (Wildman–Crippen MR) is 123 cm³/mol. The lowest BCUT2D eigenvalue weighted by atomic mass is 9.73. The number of nitrogens with zero attached hydrogens (tertiary/aromatic N) is 6. The minimum atomic E-state index is 0.0984. The summed E-state index contributed by atoms with van der Waals surface area (Å²) in [5.74, 6) is 0.893. The number of hydrogen-bond acceptors (Lipinski definition) is 9. The van der Waals surface area contributed by atoms with Crippen molar-refractivity contribution in [1.82, 2.24) is 30.1 Å². The van der Waals surface area contributed by atoms with Crippen LogP contribution < -0.4 is 10.6 Å². The fraction of sp³-hybridized carbons (Fsp3) is 0.409. The zero-order chi connectivity index (χ0) is 21.7. The molecule has 32 heavy (non-hydrogen) atoms. The molecule has 3 N–H and O–H groups in total. The highest BCUT2D eigenvalue weighted by molar-refractivity contribution is 7.99. The third kappa shape index (κ3) is 3.30. The molecule has 10 heteroatoms. The Morgan fingerprint density at radius 3 is 2.84 bits per heavy atom. The zero-order valence-corrected chi connectivity index (χ0v) is 18.5. The van der Waals surface area contributed by atoms with Crippen LogP contribution in [0.2, 0.25) is 0 Å². The van der Waals surface area contributed by atoms with Crippen molar-refractivity contribution in [2.24, 2.45) is 11.1 Å². The van der Waals surface area contributed by atoms with Crippen LogP contribution in [0.1, 0.15) is 19.8 Å². The number of ether oxygens (including phenoxy) is 1. The van der Waals surface area contributed by atoms with E-state index in [-0.39, 0.29) is 17.6 Å². The molecule has 2 saturated heterocycles. The monoisotopic (exact) mass is 448 g/mol. The number of anilines is 1. The zero-order valence-electron chi connectivity index (χ0n) is 17.7. The fourth-order valence-corrected chi connectivity index (χ4v) is 5.65. The van der Waals surface area contributed by atoms with E-state index < -0.39 is 0 Å². The average Bonchev–Trinajstić information content (AvgIpc) is 3.41. The van der Waals surface area contributed by atoms with Gasteiger partial charge in [0.2, 0.25) is 0 Å². The van der Waals surface area contributed by atoms with Crippen molar-refractivity contribution in [3.05, 3.63) is 36.8 Å². The number of piperidine rings is 1. The Balaban J connectivity index is 1.20. The molecule has 2 aliphatic rings. The number of hydrogen-bond donors (Lipinski definition) is 2. The molecule has 2 aliphatic heterocycles. The van der Waals surface area contributed by atoms with Crippen LogP contribution in [0.5, 0.6) is 0 Å². The molecule has 9 nitrogen and oxygen atoms in total. The van der Waals surface area contributed by atoms with Crippen LogP contribution in [-0.2, 0) is 4.74 Å². The maximum Gasteiger partial charge on any atom is 0.179 e. The van der Waals surface area contributed by atoms with E-state index in [0.29, 0.717) is 5.65 Å². The second-order valence-electron chi connectivity index (χ2n) is 8.66.